The summed E-state index contributed by atoms with van der Waals surface area (Å²) in [5.41, 5.74) is -0.436. The number of carboxylic acid groups (broad SMARTS) is 1. The molecule has 0 aliphatic heterocycles. The average molecular weight is 256 g/mol. The van der Waals surface area contributed by atoms with Crippen molar-refractivity contribution in [1.82, 2.24) is 0 Å². The first kappa shape index (κ1) is 14.4. The molecule has 0 fully saturated rings. The Morgan fingerprint density at radius 2 is 2.11 bits per heavy atom. The molecule has 5 heteroatoms. The van der Waals surface area contributed by atoms with Crippen molar-refractivity contribution in [2.45, 2.75) is 25.9 Å². The Morgan fingerprint density at radius 3 is 2.61 bits per heavy atom. The van der Waals surface area contributed by atoms with Crippen LogP contribution in [0.1, 0.15) is 30.6 Å². The van der Waals surface area contributed by atoms with E-state index >= 15 is 0 Å². The molecule has 0 aliphatic carbocycles. The summed E-state index contributed by atoms with van der Waals surface area (Å²) in [6, 6.07) is 3.57. The van der Waals surface area contributed by atoms with E-state index in [1.807, 2.05) is 13.8 Å². The zero-order chi connectivity index (χ0) is 13.8. The first-order valence-electron chi connectivity index (χ1n) is 5.56. The fraction of sp³-hybridized carbons (Fsp3) is 0.462. The Bertz CT molecular complexity index is 429. The number of hydrogen-bond donors (Lipinski definition) is 1. The fourth-order valence-electron chi connectivity index (χ4n) is 1.26. The van der Waals surface area contributed by atoms with Crippen molar-refractivity contribution in [3.63, 3.8) is 0 Å². The summed E-state index contributed by atoms with van der Waals surface area (Å²) in [5, 5.41) is 8.69. The van der Waals surface area contributed by atoms with Gasteiger partial charge in [-0.3, -0.25) is 0 Å². The van der Waals surface area contributed by atoms with E-state index in [1.54, 1.807) is 7.11 Å². The minimum absolute atomic E-state index is 0.0481. The standard InChI is InChI=1S/C13H17FO4/c1-13(2,17-3)6-7-18-11-5-4-9(12(15)16)8-10(11)14/h4-5,8H,6-7H2,1-3H3,(H,15,16). The van der Waals surface area contributed by atoms with Crippen molar-refractivity contribution in [3.05, 3.63) is 29.6 Å². The van der Waals surface area contributed by atoms with Crippen LogP contribution in [0.4, 0.5) is 4.39 Å². The normalized spacial score (nSPS) is 11.3. The highest BCUT2D eigenvalue weighted by Crippen LogP contribution is 2.20. The number of hydrogen-bond acceptors (Lipinski definition) is 3. The van der Waals surface area contributed by atoms with E-state index in [2.05, 4.69) is 0 Å². The predicted molar refractivity (Wildman–Crippen MR) is 64.6 cm³/mol. The van der Waals surface area contributed by atoms with E-state index in [9.17, 15) is 9.18 Å². The molecule has 0 saturated heterocycles. The zero-order valence-corrected chi connectivity index (χ0v) is 10.7. The van der Waals surface area contributed by atoms with Gasteiger partial charge in [0, 0.05) is 13.5 Å². The number of halogens is 1. The molecule has 100 valence electrons. The summed E-state index contributed by atoms with van der Waals surface area (Å²) in [4.78, 5) is 10.6. The van der Waals surface area contributed by atoms with Crippen LogP contribution in [0.15, 0.2) is 18.2 Å². The lowest BCUT2D eigenvalue weighted by Gasteiger charge is -2.22. The molecule has 1 aromatic carbocycles. The summed E-state index contributed by atoms with van der Waals surface area (Å²) in [6.07, 6.45) is 0.601. The van der Waals surface area contributed by atoms with E-state index in [1.165, 1.54) is 12.1 Å². The predicted octanol–water partition coefficient (Wildman–Crippen LogP) is 2.72. The topological polar surface area (TPSA) is 55.8 Å². The first-order valence-corrected chi connectivity index (χ1v) is 5.56. The van der Waals surface area contributed by atoms with Crippen LogP contribution in [0.25, 0.3) is 0 Å². The van der Waals surface area contributed by atoms with Crippen LogP contribution in [0.2, 0.25) is 0 Å². The van der Waals surface area contributed by atoms with Crippen LogP contribution < -0.4 is 4.74 Å². The minimum Gasteiger partial charge on any atom is -0.490 e. The maximum atomic E-state index is 13.5. The van der Waals surface area contributed by atoms with Crippen molar-refractivity contribution < 1.29 is 23.8 Å². The molecule has 1 rings (SSSR count). The molecule has 0 unspecified atom stereocenters. The number of aromatic carboxylic acids is 1. The quantitative estimate of drug-likeness (QED) is 0.850. The van der Waals surface area contributed by atoms with Crippen molar-refractivity contribution >= 4 is 5.97 Å². The van der Waals surface area contributed by atoms with Crippen LogP contribution >= 0.6 is 0 Å². The maximum absolute atomic E-state index is 13.5. The number of ether oxygens (including phenoxy) is 2. The average Bonchev–Trinajstić information content (AvgIpc) is 2.31. The third-order valence-electron chi connectivity index (χ3n) is 2.69. The maximum Gasteiger partial charge on any atom is 0.335 e. The third-order valence-corrected chi connectivity index (χ3v) is 2.69. The van der Waals surface area contributed by atoms with E-state index in [4.69, 9.17) is 14.6 Å². The number of benzene rings is 1. The highest BCUT2D eigenvalue weighted by atomic mass is 19.1. The lowest BCUT2D eigenvalue weighted by atomic mass is 10.1. The van der Waals surface area contributed by atoms with E-state index < -0.39 is 11.8 Å². The van der Waals surface area contributed by atoms with Gasteiger partial charge in [-0.05, 0) is 32.0 Å². The molecular formula is C13H17FO4. The molecule has 0 bridgehead atoms. The molecule has 0 aliphatic rings. The molecule has 0 amide bonds. The number of methoxy groups -OCH3 is 1. The zero-order valence-electron chi connectivity index (χ0n) is 10.7. The van der Waals surface area contributed by atoms with Gasteiger partial charge in [0.25, 0.3) is 0 Å². The SMILES string of the molecule is COC(C)(C)CCOc1ccc(C(=O)O)cc1F. The number of rotatable bonds is 6. The summed E-state index contributed by atoms with van der Waals surface area (Å²) in [7, 11) is 1.60. The smallest absolute Gasteiger partial charge is 0.335 e. The third kappa shape index (κ3) is 4.00. The second kappa shape index (κ2) is 5.82. The summed E-state index contributed by atoms with van der Waals surface area (Å²) in [5.74, 6) is -1.79. The van der Waals surface area contributed by atoms with Gasteiger partial charge in [0.15, 0.2) is 11.6 Å². The largest absolute Gasteiger partial charge is 0.490 e. The molecular weight excluding hydrogens is 239 g/mol. The molecule has 1 N–H and O–H groups in total. The van der Waals surface area contributed by atoms with E-state index in [0.717, 1.165) is 6.07 Å². The Kier molecular flexibility index (Phi) is 4.67. The molecule has 0 atom stereocenters. The lowest BCUT2D eigenvalue weighted by molar-refractivity contribution is 0.00514. The van der Waals surface area contributed by atoms with Crippen LogP contribution in [0.5, 0.6) is 5.75 Å². The van der Waals surface area contributed by atoms with Crippen molar-refractivity contribution in [1.29, 1.82) is 0 Å². The van der Waals surface area contributed by atoms with Crippen molar-refractivity contribution in [3.8, 4) is 5.75 Å². The lowest BCUT2D eigenvalue weighted by Crippen LogP contribution is -2.25. The van der Waals surface area contributed by atoms with Gasteiger partial charge in [-0.25, -0.2) is 9.18 Å². The Morgan fingerprint density at radius 1 is 1.44 bits per heavy atom. The Hall–Kier alpha value is -1.62. The second-order valence-electron chi connectivity index (χ2n) is 4.51. The van der Waals surface area contributed by atoms with Gasteiger partial charge in [-0.1, -0.05) is 0 Å². The highest BCUT2D eigenvalue weighted by Gasteiger charge is 2.17. The van der Waals surface area contributed by atoms with Gasteiger partial charge in [0.1, 0.15) is 0 Å². The molecule has 0 spiro atoms. The minimum atomic E-state index is -1.17. The van der Waals surface area contributed by atoms with Gasteiger partial charge in [-0.15, -0.1) is 0 Å². The van der Waals surface area contributed by atoms with Gasteiger partial charge in [-0.2, -0.15) is 0 Å². The molecule has 4 nitrogen and oxygen atoms in total. The van der Waals surface area contributed by atoms with Crippen LogP contribution in [0, 0.1) is 5.82 Å². The molecule has 1 aromatic rings. The van der Waals surface area contributed by atoms with Crippen LogP contribution in [-0.4, -0.2) is 30.4 Å². The van der Waals surface area contributed by atoms with Gasteiger partial charge in [0.2, 0.25) is 0 Å². The monoisotopic (exact) mass is 256 g/mol. The fourth-order valence-corrected chi connectivity index (χ4v) is 1.26. The summed E-state index contributed by atoms with van der Waals surface area (Å²) in [6.45, 7) is 4.10. The molecule has 0 saturated carbocycles. The second-order valence-corrected chi connectivity index (χ2v) is 4.51. The van der Waals surface area contributed by atoms with Crippen LogP contribution in [-0.2, 0) is 4.74 Å². The molecule has 0 aromatic heterocycles. The number of carbonyl (C=O) groups is 1. The Labute approximate surface area is 105 Å². The van der Waals surface area contributed by atoms with E-state index in [-0.39, 0.29) is 16.9 Å². The van der Waals surface area contributed by atoms with Crippen molar-refractivity contribution in [2.75, 3.05) is 13.7 Å². The van der Waals surface area contributed by atoms with Gasteiger partial charge in [0.05, 0.1) is 17.8 Å². The highest BCUT2D eigenvalue weighted by molar-refractivity contribution is 5.87. The first-order chi connectivity index (χ1) is 8.35. The van der Waals surface area contributed by atoms with Gasteiger partial charge < -0.3 is 14.6 Å². The molecule has 18 heavy (non-hydrogen) atoms. The van der Waals surface area contributed by atoms with Crippen molar-refractivity contribution in [2.24, 2.45) is 0 Å². The van der Waals surface area contributed by atoms with Crippen LogP contribution in [0.3, 0.4) is 0 Å². The molecule has 0 heterocycles. The van der Waals surface area contributed by atoms with E-state index in [0.29, 0.717) is 13.0 Å². The number of carboxylic acids is 1. The molecule has 0 radical (unpaired) electrons. The summed E-state index contributed by atoms with van der Waals surface area (Å²) < 4.78 is 24.0. The summed E-state index contributed by atoms with van der Waals surface area (Å²) >= 11 is 0. The van der Waals surface area contributed by atoms with Gasteiger partial charge >= 0.3 is 5.97 Å². The Balaban J connectivity index is 2.61.